The lowest BCUT2D eigenvalue weighted by atomic mass is 9.94. The number of hydrogen-bond donors (Lipinski definition) is 1. The van der Waals surface area contributed by atoms with Gasteiger partial charge in [-0.1, -0.05) is 6.92 Å². The third-order valence-corrected chi connectivity index (χ3v) is 5.25. The number of aromatic nitrogens is 3. The summed E-state index contributed by atoms with van der Waals surface area (Å²) in [5.41, 5.74) is 2.90. The molecule has 28 heavy (non-hydrogen) atoms. The van der Waals surface area contributed by atoms with Crippen LogP contribution in [0.15, 0.2) is 43.0 Å². The van der Waals surface area contributed by atoms with Crippen molar-refractivity contribution in [2.45, 2.75) is 19.4 Å². The molecule has 1 amide bonds. The second-order valence-corrected chi connectivity index (χ2v) is 7.45. The van der Waals surface area contributed by atoms with Gasteiger partial charge in [-0.2, -0.15) is 5.26 Å². The number of benzene rings is 1. The lowest BCUT2D eigenvalue weighted by molar-refractivity contribution is 0.0920. The van der Waals surface area contributed by atoms with Crippen LogP contribution in [-0.2, 0) is 7.05 Å². The average molecular weight is 374 g/mol. The van der Waals surface area contributed by atoms with Gasteiger partial charge in [0.1, 0.15) is 11.8 Å². The Bertz CT molecular complexity index is 1070. The van der Waals surface area contributed by atoms with E-state index < -0.39 is 0 Å². The van der Waals surface area contributed by atoms with Gasteiger partial charge in [0.15, 0.2) is 0 Å². The maximum absolute atomic E-state index is 12.6. The van der Waals surface area contributed by atoms with Crippen LogP contribution < -0.4 is 10.2 Å². The zero-order chi connectivity index (χ0) is 19.7. The van der Waals surface area contributed by atoms with Crippen molar-refractivity contribution < 1.29 is 4.79 Å². The number of hydrogen-bond acceptors (Lipinski definition) is 5. The minimum Gasteiger partial charge on any atom is -0.369 e. The van der Waals surface area contributed by atoms with E-state index in [1.807, 2.05) is 31.3 Å². The summed E-state index contributed by atoms with van der Waals surface area (Å²) in [6.45, 7) is 3.80. The number of fused-ring (bicyclic) bond motifs is 1. The smallest absolute Gasteiger partial charge is 0.269 e. The Labute approximate surface area is 163 Å². The van der Waals surface area contributed by atoms with Gasteiger partial charge in [0.05, 0.1) is 23.6 Å². The van der Waals surface area contributed by atoms with E-state index in [1.165, 1.54) is 0 Å². The van der Waals surface area contributed by atoms with Crippen LogP contribution in [0.25, 0.3) is 10.9 Å². The number of nitrogens with one attached hydrogen (secondary N) is 1. The Kier molecular flexibility index (Phi) is 4.70. The van der Waals surface area contributed by atoms with E-state index in [1.54, 1.807) is 23.3 Å². The fourth-order valence-electron chi connectivity index (χ4n) is 4.01. The number of nitriles is 1. The molecule has 1 aromatic carbocycles. The van der Waals surface area contributed by atoms with Crippen LogP contribution in [0.1, 0.15) is 29.4 Å². The van der Waals surface area contributed by atoms with E-state index in [4.69, 9.17) is 0 Å². The van der Waals surface area contributed by atoms with E-state index >= 15 is 0 Å². The summed E-state index contributed by atoms with van der Waals surface area (Å²) in [6.07, 6.45) is 5.84. The fraction of sp³-hybridized carbons (Fsp3) is 0.333. The van der Waals surface area contributed by atoms with Gasteiger partial charge in [-0.15, -0.1) is 0 Å². The molecule has 0 spiro atoms. The molecule has 142 valence electrons. The molecule has 0 radical (unpaired) electrons. The van der Waals surface area contributed by atoms with Gasteiger partial charge in [0.2, 0.25) is 0 Å². The molecule has 1 N–H and O–H groups in total. The second kappa shape index (κ2) is 7.31. The first-order valence-corrected chi connectivity index (χ1v) is 9.36. The van der Waals surface area contributed by atoms with Crippen molar-refractivity contribution >= 4 is 22.5 Å². The highest BCUT2D eigenvalue weighted by Gasteiger charge is 2.28. The summed E-state index contributed by atoms with van der Waals surface area (Å²) in [5, 5.41) is 13.5. The van der Waals surface area contributed by atoms with Gasteiger partial charge in [-0.05, 0) is 36.6 Å². The summed E-state index contributed by atoms with van der Waals surface area (Å²) in [4.78, 5) is 23.3. The van der Waals surface area contributed by atoms with Gasteiger partial charge in [0, 0.05) is 43.4 Å². The van der Waals surface area contributed by atoms with Crippen molar-refractivity contribution in [3.8, 4) is 6.07 Å². The Morgan fingerprint density at radius 2 is 2.18 bits per heavy atom. The van der Waals surface area contributed by atoms with Crippen LogP contribution in [0.3, 0.4) is 0 Å². The molecule has 2 atom stereocenters. The molecular weight excluding hydrogens is 352 g/mol. The normalized spacial score (nSPS) is 19.4. The van der Waals surface area contributed by atoms with Crippen molar-refractivity contribution in [1.29, 1.82) is 5.26 Å². The molecule has 0 aliphatic carbocycles. The van der Waals surface area contributed by atoms with E-state index in [9.17, 15) is 10.1 Å². The molecule has 7 heteroatoms. The van der Waals surface area contributed by atoms with E-state index in [0.717, 1.165) is 29.6 Å². The number of carbonyl (C=O) groups is 1. The highest BCUT2D eigenvalue weighted by molar-refractivity contribution is 5.95. The molecule has 1 saturated heterocycles. The molecule has 0 unspecified atom stereocenters. The molecule has 0 saturated carbocycles. The maximum Gasteiger partial charge on any atom is 0.269 e. The minimum atomic E-state index is -0.106. The number of amides is 1. The van der Waals surface area contributed by atoms with Gasteiger partial charge in [0.25, 0.3) is 5.91 Å². The van der Waals surface area contributed by atoms with Gasteiger partial charge < -0.3 is 14.8 Å². The standard InChI is InChI=1S/C21H22N6O/c1-14-8-16(25-21(28)19-10-23-13-26(19)2)12-27(11-14)18-6-5-15(9-22)20-17(18)4-3-7-24-20/h3-7,10,13-14,16H,8,11-12H2,1-2H3,(H,25,28)/t14-,16+/m0/s1. The van der Waals surface area contributed by atoms with Crippen LogP contribution in [0.4, 0.5) is 5.69 Å². The van der Waals surface area contributed by atoms with E-state index in [2.05, 4.69) is 33.2 Å². The predicted molar refractivity (Wildman–Crippen MR) is 107 cm³/mol. The number of pyridine rings is 1. The third kappa shape index (κ3) is 3.29. The molecule has 3 aromatic rings. The third-order valence-electron chi connectivity index (χ3n) is 5.25. The summed E-state index contributed by atoms with van der Waals surface area (Å²) in [6, 6.07) is 9.96. The van der Waals surface area contributed by atoms with Gasteiger partial charge in [-0.3, -0.25) is 9.78 Å². The molecule has 1 aliphatic heterocycles. The summed E-state index contributed by atoms with van der Waals surface area (Å²) >= 11 is 0. The van der Waals surface area contributed by atoms with Crippen molar-refractivity contribution in [3.63, 3.8) is 0 Å². The quantitative estimate of drug-likeness (QED) is 0.761. The molecule has 1 aliphatic rings. The van der Waals surface area contributed by atoms with Crippen LogP contribution in [0.2, 0.25) is 0 Å². The lowest BCUT2D eigenvalue weighted by Gasteiger charge is -2.38. The van der Waals surface area contributed by atoms with Gasteiger partial charge in [-0.25, -0.2) is 4.98 Å². The van der Waals surface area contributed by atoms with Crippen molar-refractivity contribution in [1.82, 2.24) is 19.9 Å². The molecule has 1 fully saturated rings. The molecule has 4 rings (SSSR count). The number of aryl methyl sites for hydroxylation is 1. The summed E-state index contributed by atoms with van der Waals surface area (Å²) in [5.74, 6) is 0.318. The Morgan fingerprint density at radius 1 is 1.32 bits per heavy atom. The highest BCUT2D eigenvalue weighted by atomic mass is 16.2. The number of rotatable bonds is 3. The van der Waals surface area contributed by atoms with E-state index in [0.29, 0.717) is 23.7 Å². The van der Waals surface area contributed by atoms with Crippen LogP contribution >= 0.6 is 0 Å². The molecule has 0 bridgehead atoms. The van der Waals surface area contributed by atoms with Crippen LogP contribution in [-0.4, -0.2) is 39.6 Å². The number of imidazole rings is 1. The molecule has 3 heterocycles. The van der Waals surface area contributed by atoms with Crippen molar-refractivity contribution in [2.75, 3.05) is 18.0 Å². The number of piperidine rings is 1. The number of carbonyl (C=O) groups excluding carboxylic acids is 1. The van der Waals surface area contributed by atoms with Crippen molar-refractivity contribution in [3.05, 3.63) is 54.2 Å². The Balaban J connectivity index is 1.61. The average Bonchev–Trinajstić information content (AvgIpc) is 3.12. The molecular formula is C21H22N6O. The number of nitrogens with zero attached hydrogens (tertiary/aromatic N) is 5. The predicted octanol–water partition coefficient (Wildman–Crippen LogP) is 2.48. The first-order chi connectivity index (χ1) is 13.6. The maximum atomic E-state index is 12.6. The summed E-state index contributed by atoms with van der Waals surface area (Å²) in [7, 11) is 1.81. The first kappa shape index (κ1) is 18.0. The van der Waals surface area contributed by atoms with Crippen molar-refractivity contribution in [2.24, 2.45) is 13.0 Å². The molecule has 2 aromatic heterocycles. The van der Waals surface area contributed by atoms with Gasteiger partial charge >= 0.3 is 0 Å². The lowest BCUT2D eigenvalue weighted by Crippen LogP contribution is -2.50. The zero-order valence-electron chi connectivity index (χ0n) is 16.0. The Morgan fingerprint density at radius 3 is 2.93 bits per heavy atom. The Hall–Kier alpha value is -3.40. The van der Waals surface area contributed by atoms with Crippen LogP contribution in [0, 0.1) is 17.2 Å². The van der Waals surface area contributed by atoms with E-state index in [-0.39, 0.29) is 11.9 Å². The zero-order valence-corrected chi connectivity index (χ0v) is 16.0. The fourth-order valence-corrected chi connectivity index (χ4v) is 4.01. The second-order valence-electron chi connectivity index (χ2n) is 7.45. The largest absolute Gasteiger partial charge is 0.369 e. The minimum absolute atomic E-state index is 0.0357. The number of anilines is 1. The monoisotopic (exact) mass is 374 g/mol. The first-order valence-electron chi connectivity index (χ1n) is 9.36. The topological polar surface area (TPSA) is 86.8 Å². The summed E-state index contributed by atoms with van der Waals surface area (Å²) < 4.78 is 1.72. The van der Waals surface area contributed by atoms with Crippen LogP contribution in [0.5, 0.6) is 0 Å². The molecule has 7 nitrogen and oxygen atoms in total. The SMILES string of the molecule is C[C@H]1C[C@@H](NC(=O)c2cncn2C)CN(c2ccc(C#N)c3ncccc23)C1. The highest BCUT2D eigenvalue weighted by Crippen LogP contribution is 2.31.